The lowest BCUT2D eigenvalue weighted by atomic mass is 9.95. The predicted molar refractivity (Wildman–Crippen MR) is 99.6 cm³/mol. The SMILES string of the molecule is CNC(=O)C1Cc2ccccc2CN1S(=O)(=O)c1ccc(Br)c(C)c1. The molecule has 0 aliphatic carbocycles. The van der Waals surface area contributed by atoms with Gasteiger partial charge in [-0.15, -0.1) is 0 Å². The molecular weight excluding hydrogens is 404 g/mol. The van der Waals surface area contributed by atoms with Gasteiger partial charge in [-0.2, -0.15) is 4.31 Å². The highest BCUT2D eigenvalue weighted by Crippen LogP contribution is 2.30. The minimum Gasteiger partial charge on any atom is -0.358 e. The van der Waals surface area contributed by atoms with Gasteiger partial charge in [0.2, 0.25) is 15.9 Å². The van der Waals surface area contributed by atoms with Gasteiger partial charge in [0, 0.05) is 18.1 Å². The number of hydrogen-bond acceptors (Lipinski definition) is 3. The third-order valence-electron chi connectivity index (χ3n) is 4.49. The predicted octanol–water partition coefficient (Wildman–Crippen LogP) is 2.62. The van der Waals surface area contributed by atoms with Gasteiger partial charge in [-0.1, -0.05) is 40.2 Å². The largest absolute Gasteiger partial charge is 0.358 e. The number of amides is 1. The number of carbonyl (C=O) groups is 1. The molecule has 1 unspecified atom stereocenters. The zero-order chi connectivity index (χ0) is 18.2. The maximum absolute atomic E-state index is 13.2. The highest BCUT2D eigenvalue weighted by molar-refractivity contribution is 9.10. The van der Waals surface area contributed by atoms with Gasteiger partial charge in [0.1, 0.15) is 6.04 Å². The molecule has 0 bridgehead atoms. The third kappa shape index (κ3) is 3.36. The van der Waals surface area contributed by atoms with Crippen LogP contribution < -0.4 is 5.32 Å². The molecule has 132 valence electrons. The van der Waals surface area contributed by atoms with Crippen molar-refractivity contribution in [3.63, 3.8) is 0 Å². The lowest BCUT2D eigenvalue weighted by molar-refractivity contribution is -0.124. The number of fused-ring (bicyclic) bond motifs is 1. The van der Waals surface area contributed by atoms with Crippen molar-refractivity contribution in [2.24, 2.45) is 0 Å². The van der Waals surface area contributed by atoms with E-state index in [9.17, 15) is 13.2 Å². The Labute approximate surface area is 156 Å². The van der Waals surface area contributed by atoms with Crippen LogP contribution in [0.5, 0.6) is 0 Å². The molecule has 1 aliphatic heterocycles. The van der Waals surface area contributed by atoms with E-state index in [0.29, 0.717) is 6.42 Å². The quantitative estimate of drug-likeness (QED) is 0.826. The molecule has 0 saturated carbocycles. The maximum Gasteiger partial charge on any atom is 0.244 e. The minimum absolute atomic E-state index is 0.186. The standard InChI is InChI=1S/C18H19BrN2O3S/c1-12-9-15(7-8-16(12)19)25(23,24)21-11-14-6-4-3-5-13(14)10-17(21)18(22)20-2/h3-9,17H,10-11H2,1-2H3,(H,20,22). The maximum atomic E-state index is 13.2. The van der Waals surface area contributed by atoms with Crippen LogP contribution in [0, 0.1) is 6.92 Å². The molecule has 0 radical (unpaired) electrons. The summed E-state index contributed by atoms with van der Waals surface area (Å²) in [7, 11) is -2.27. The molecule has 1 aliphatic rings. The Bertz CT molecular complexity index is 928. The number of benzene rings is 2. The third-order valence-corrected chi connectivity index (χ3v) is 7.23. The minimum atomic E-state index is -3.80. The lowest BCUT2D eigenvalue weighted by Gasteiger charge is -2.34. The first-order valence-electron chi connectivity index (χ1n) is 7.91. The number of aryl methyl sites for hydroxylation is 1. The highest BCUT2D eigenvalue weighted by Gasteiger charge is 2.39. The summed E-state index contributed by atoms with van der Waals surface area (Å²) in [6.07, 6.45) is 0.366. The van der Waals surface area contributed by atoms with Crippen LogP contribution in [0.1, 0.15) is 16.7 Å². The fraction of sp³-hybridized carbons (Fsp3) is 0.278. The summed E-state index contributed by atoms with van der Waals surface area (Å²) in [5.41, 5.74) is 2.77. The van der Waals surface area contributed by atoms with Gasteiger partial charge in [0.05, 0.1) is 4.90 Å². The second-order valence-corrected chi connectivity index (χ2v) is 8.81. The Hall–Kier alpha value is -1.70. The van der Waals surface area contributed by atoms with Crippen LogP contribution in [0.25, 0.3) is 0 Å². The zero-order valence-electron chi connectivity index (χ0n) is 14.0. The van der Waals surface area contributed by atoms with Crippen molar-refractivity contribution in [3.8, 4) is 0 Å². The van der Waals surface area contributed by atoms with E-state index < -0.39 is 16.1 Å². The van der Waals surface area contributed by atoms with E-state index in [4.69, 9.17) is 0 Å². The fourth-order valence-corrected chi connectivity index (χ4v) is 4.95. The Kier molecular flexibility index (Phi) is 4.99. The molecule has 0 aromatic heterocycles. The topological polar surface area (TPSA) is 66.5 Å². The van der Waals surface area contributed by atoms with E-state index in [1.807, 2.05) is 31.2 Å². The first kappa shape index (κ1) is 18.1. The van der Waals surface area contributed by atoms with E-state index in [1.54, 1.807) is 18.2 Å². The van der Waals surface area contributed by atoms with Gasteiger partial charge in [0.25, 0.3) is 0 Å². The number of hydrogen-bond donors (Lipinski definition) is 1. The van der Waals surface area contributed by atoms with E-state index in [-0.39, 0.29) is 17.3 Å². The smallest absolute Gasteiger partial charge is 0.244 e. The average Bonchev–Trinajstić information content (AvgIpc) is 2.62. The Morgan fingerprint density at radius 3 is 2.52 bits per heavy atom. The molecular formula is C18H19BrN2O3S. The summed E-state index contributed by atoms with van der Waals surface area (Å²) < 4.78 is 28.6. The van der Waals surface area contributed by atoms with Crippen molar-refractivity contribution in [2.45, 2.75) is 30.8 Å². The molecule has 7 heteroatoms. The molecule has 1 N–H and O–H groups in total. The van der Waals surface area contributed by atoms with E-state index in [1.165, 1.54) is 11.4 Å². The van der Waals surface area contributed by atoms with Gasteiger partial charge < -0.3 is 5.32 Å². The van der Waals surface area contributed by atoms with Gasteiger partial charge in [-0.25, -0.2) is 8.42 Å². The highest BCUT2D eigenvalue weighted by atomic mass is 79.9. The van der Waals surface area contributed by atoms with Crippen LogP contribution in [-0.2, 0) is 27.8 Å². The lowest BCUT2D eigenvalue weighted by Crippen LogP contribution is -2.51. The molecule has 25 heavy (non-hydrogen) atoms. The summed E-state index contributed by atoms with van der Waals surface area (Å²) in [4.78, 5) is 12.6. The van der Waals surface area contributed by atoms with E-state index >= 15 is 0 Å². The second kappa shape index (κ2) is 6.90. The first-order chi connectivity index (χ1) is 11.8. The molecule has 2 aromatic carbocycles. The Balaban J connectivity index is 2.08. The normalized spacial score (nSPS) is 17.8. The van der Waals surface area contributed by atoms with Crippen LogP contribution in [-0.4, -0.2) is 31.7 Å². The molecule has 3 rings (SSSR count). The number of likely N-dealkylation sites (N-methyl/N-ethyl adjacent to an activating group) is 1. The summed E-state index contributed by atoms with van der Waals surface area (Å²) in [5, 5.41) is 2.59. The molecule has 0 spiro atoms. The van der Waals surface area contributed by atoms with Crippen molar-refractivity contribution < 1.29 is 13.2 Å². The fourth-order valence-electron chi connectivity index (χ4n) is 3.05. The number of rotatable bonds is 3. The van der Waals surface area contributed by atoms with Gasteiger partial charge in [-0.3, -0.25) is 4.79 Å². The first-order valence-corrected chi connectivity index (χ1v) is 10.1. The van der Waals surface area contributed by atoms with Crippen LogP contribution in [0.15, 0.2) is 51.8 Å². The molecule has 1 amide bonds. The number of halogens is 1. The summed E-state index contributed by atoms with van der Waals surface area (Å²) in [6.45, 7) is 2.02. The zero-order valence-corrected chi connectivity index (χ0v) is 16.4. The van der Waals surface area contributed by atoms with Crippen LogP contribution >= 0.6 is 15.9 Å². The van der Waals surface area contributed by atoms with Crippen LogP contribution in [0.3, 0.4) is 0 Å². The molecule has 5 nitrogen and oxygen atoms in total. The summed E-state index contributed by atoms with van der Waals surface area (Å²) in [6, 6.07) is 11.8. The number of sulfonamides is 1. The summed E-state index contributed by atoms with van der Waals surface area (Å²) in [5.74, 6) is -0.299. The molecule has 2 aromatic rings. The van der Waals surface area contributed by atoms with Crippen LogP contribution in [0.4, 0.5) is 0 Å². The Morgan fingerprint density at radius 1 is 1.20 bits per heavy atom. The number of nitrogens with one attached hydrogen (secondary N) is 1. The van der Waals surface area contributed by atoms with Crippen molar-refractivity contribution in [3.05, 3.63) is 63.6 Å². The van der Waals surface area contributed by atoms with Crippen molar-refractivity contribution in [1.82, 2.24) is 9.62 Å². The van der Waals surface area contributed by atoms with Crippen molar-refractivity contribution in [1.29, 1.82) is 0 Å². The summed E-state index contributed by atoms with van der Waals surface area (Å²) >= 11 is 3.39. The monoisotopic (exact) mass is 422 g/mol. The molecule has 0 saturated heterocycles. The van der Waals surface area contributed by atoms with Crippen molar-refractivity contribution >= 4 is 31.9 Å². The van der Waals surface area contributed by atoms with Crippen molar-refractivity contribution in [2.75, 3.05) is 7.05 Å². The Morgan fingerprint density at radius 2 is 1.88 bits per heavy atom. The molecule has 1 heterocycles. The van der Waals surface area contributed by atoms with Crippen LogP contribution in [0.2, 0.25) is 0 Å². The average molecular weight is 423 g/mol. The van der Waals surface area contributed by atoms with E-state index in [2.05, 4.69) is 21.2 Å². The second-order valence-electron chi connectivity index (χ2n) is 6.06. The molecule has 1 atom stereocenters. The number of carbonyl (C=O) groups excluding carboxylic acids is 1. The van der Waals surface area contributed by atoms with Gasteiger partial charge in [-0.05, 0) is 48.2 Å². The van der Waals surface area contributed by atoms with Gasteiger partial charge in [0.15, 0.2) is 0 Å². The molecule has 0 fully saturated rings. The van der Waals surface area contributed by atoms with Gasteiger partial charge >= 0.3 is 0 Å². The number of nitrogens with zero attached hydrogens (tertiary/aromatic N) is 1. The van der Waals surface area contributed by atoms with E-state index in [0.717, 1.165) is 21.2 Å².